The molecule has 7 N–H and O–H groups in total. The second kappa shape index (κ2) is 32.4. The number of hydrogen-bond donors (Lipinski definition) is 7. The Morgan fingerprint density at radius 2 is 0.915 bits per heavy atom. The Hall–Kier alpha value is -11.8. The van der Waals surface area contributed by atoms with Gasteiger partial charge in [-0.25, -0.2) is 39.1 Å². The second-order valence-corrected chi connectivity index (χ2v) is 34.0. The molecule has 0 spiro atoms. The molecule has 4 saturated heterocycles. The Balaban J connectivity index is 0.000000184. The zero-order valence-electron chi connectivity index (χ0n) is 69.2. The predicted molar refractivity (Wildman–Crippen MR) is 440 cm³/mol. The molecule has 6 aliphatic heterocycles. The maximum Gasteiger partial charge on any atom is 0.410 e. The number of aromatic amines is 4. The Morgan fingerprint density at radius 1 is 0.487 bits per heavy atom. The number of methoxy groups -OCH3 is 4. The van der Waals surface area contributed by atoms with Crippen LogP contribution in [0.25, 0.3) is 88.4 Å². The van der Waals surface area contributed by atoms with Gasteiger partial charge in [-0.05, 0) is 196 Å². The van der Waals surface area contributed by atoms with E-state index in [4.69, 9.17) is 53.1 Å². The molecule has 6 aliphatic rings. The number of benzene rings is 6. The molecule has 12 atom stereocenters. The van der Waals surface area contributed by atoms with Gasteiger partial charge in [0, 0.05) is 54.2 Å². The van der Waals surface area contributed by atoms with Crippen molar-refractivity contribution in [2.45, 2.75) is 201 Å². The number of H-pyrrole nitrogens is 4. The van der Waals surface area contributed by atoms with Crippen molar-refractivity contribution in [1.29, 1.82) is 0 Å². The first kappa shape index (κ1) is 80.4. The molecule has 29 heteroatoms. The summed E-state index contributed by atoms with van der Waals surface area (Å²) >= 11 is 0. The Kier molecular flexibility index (Phi) is 22.3. The third-order valence-electron chi connectivity index (χ3n) is 23.9. The maximum absolute atomic E-state index is 14.0. The molecule has 0 radical (unpaired) electrons. The first-order valence-electron chi connectivity index (χ1n) is 40.5. The summed E-state index contributed by atoms with van der Waals surface area (Å²) in [7, 11) is 5.35. The number of rotatable bonds is 16. The smallest absolute Gasteiger partial charge is 0.410 e. The van der Waals surface area contributed by atoms with Crippen LogP contribution in [0.1, 0.15) is 180 Å². The third kappa shape index (κ3) is 15.7. The quantitative estimate of drug-likeness (QED) is 0.0442. The van der Waals surface area contributed by atoms with E-state index in [1.54, 1.807) is 22.9 Å². The van der Waals surface area contributed by atoms with Crippen LogP contribution in [0.4, 0.5) is 19.2 Å². The summed E-state index contributed by atoms with van der Waals surface area (Å²) in [6.45, 7) is 25.3. The van der Waals surface area contributed by atoms with Crippen molar-refractivity contribution < 1.29 is 66.7 Å². The number of amides is 7. The number of carbonyl (C=O) groups excluding carboxylic acids is 7. The van der Waals surface area contributed by atoms with Crippen LogP contribution in [-0.4, -0.2) is 185 Å². The minimum atomic E-state index is -0.922. The summed E-state index contributed by atoms with van der Waals surface area (Å²) in [6.07, 6.45) is 5.45. The fourth-order valence-electron chi connectivity index (χ4n) is 17.8. The van der Waals surface area contributed by atoms with Crippen LogP contribution in [0.5, 0.6) is 11.5 Å². The number of likely N-dealkylation sites (tertiary alicyclic amines) is 4. The van der Waals surface area contributed by atoms with Gasteiger partial charge in [-0.2, -0.15) is 0 Å². The molecule has 4 aromatic heterocycles. The van der Waals surface area contributed by atoms with Gasteiger partial charge < -0.3 is 83.7 Å². The molecule has 10 heterocycles. The number of carbonyl (C=O) groups is 7. The van der Waals surface area contributed by atoms with Crippen molar-refractivity contribution in [2.24, 2.45) is 23.7 Å². The van der Waals surface area contributed by atoms with Crippen molar-refractivity contribution in [3.63, 3.8) is 0 Å². The fourth-order valence-corrected chi connectivity index (χ4v) is 17.8. The lowest BCUT2D eigenvalue weighted by Gasteiger charge is -2.32. The molecule has 16 rings (SSSR count). The van der Waals surface area contributed by atoms with Gasteiger partial charge in [0.05, 0.1) is 97.4 Å². The molecule has 0 bridgehead atoms. The van der Waals surface area contributed by atoms with Gasteiger partial charge in [0.25, 0.3) is 0 Å². The molecule has 616 valence electrons. The summed E-state index contributed by atoms with van der Waals surface area (Å²) in [6, 6.07) is 25.9. The van der Waals surface area contributed by atoms with Gasteiger partial charge in [-0.1, -0.05) is 77.9 Å². The fraction of sp³-hybridized carbons (Fsp3) is 0.466. The van der Waals surface area contributed by atoms with Gasteiger partial charge in [-0.15, -0.1) is 0 Å². The van der Waals surface area contributed by atoms with E-state index in [-0.39, 0.29) is 77.8 Å². The average Bonchev–Trinajstić information content (AvgIpc) is 1.66. The minimum Gasteiger partial charge on any atom is -0.488 e. The molecule has 6 aromatic carbocycles. The van der Waals surface area contributed by atoms with E-state index in [1.807, 2.05) is 90.4 Å². The molecule has 10 aromatic rings. The van der Waals surface area contributed by atoms with Gasteiger partial charge in [0.15, 0.2) is 0 Å². The number of ether oxygens (including phenoxy) is 7. The number of nitrogens with one attached hydrogen (secondary N) is 7. The number of aromatic nitrogens is 8. The molecule has 0 aliphatic carbocycles. The van der Waals surface area contributed by atoms with Crippen molar-refractivity contribution >= 4 is 85.7 Å². The molecule has 7 amide bonds. The normalized spacial score (nSPS) is 21.2. The number of imidazole rings is 4. The molecule has 117 heavy (non-hydrogen) atoms. The molecule has 4 unspecified atom stereocenters. The van der Waals surface area contributed by atoms with E-state index in [0.717, 1.165) is 155 Å². The summed E-state index contributed by atoms with van der Waals surface area (Å²) in [5.74, 6) is 4.15. The Morgan fingerprint density at radius 3 is 1.33 bits per heavy atom. The van der Waals surface area contributed by atoms with Gasteiger partial charge in [-0.3, -0.25) is 19.3 Å². The third-order valence-corrected chi connectivity index (χ3v) is 23.9. The first-order chi connectivity index (χ1) is 56.0. The number of fused-ring (bicyclic) bond motifs is 12. The SMILES string of the molecule is COC(=O)NC(C(=O)N1C[C@@H](C)CC1c1ncc(-c2ccc3c(c2)COc2cc4c(ccc5[nH]c([C@@H]6CC[C@H](C)N6C(=O)[C@@H](NC(=O)OC)C(C)C)nc54)cc2-3)[nH]1)C(C)OC.COC(=O)N[C@H](C(=O)N1[C@@H](C)CC[C@H]1c1nc2c(ccc3cc4c(cc32)OCc2cc(-c3cnc(C5C[C@H](C)CN5C(=O)OC(C)(C)C)[nH]3)ccc2-4)[nH]1)C(C)C. The van der Waals surface area contributed by atoms with E-state index in [2.05, 4.69) is 123 Å². The van der Waals surface area contributed by atoms with Crippen LogP contribution in [0.15, 0.2) is 97.3 Å². The van der Waals surface area contributed by atoms with Gasteiger partial charge in [0.1, 0.15) is 71.7 Å². The number of nitrogens with zero attached hydrogens (tertiary/aromatic N) is 8. The summed E-state index contributed by atoms with van der Waals surface area (Å²) in [4.78, 5) is 132. The second-order valence-electron chi connectivity index (χ2n) is 34.0. The van der Waals surface area contributed by atoms with Crippen molar-refractivity contribution in [3.05, 3.63) is 132 Å². The summed E-state index contributed by atoms with van der Waals surface area (Å²) in [5.41, 5.74) is 12.7. The van der Waals surface area contributed by atoms with E-state index in [0.29, 0.717) is 50.3 Å². The van der Waals surface area contributed by atoms with Crippen molar-refractivity contribution in [3.8, 4) is 56.3 Å². The van der Waals surface area contributed by atoms with Gasteiger partial charge >= 0.3 is 24.4 Å². The van der Waals surface area contributed by atoms with Crippen LogP contribution < -0.4 is 25.4 Å². The zero-order valence-corrected chi connectivity index (χ0v) is 69.2. The highest BCUT2D eigenvalue weighted by atomic mass is 16.6. The lowest BCUT2D eigenvalue weighted by Crippen LogP contribution is -2.54. The van der Waals surface area contributed by atoms with Crippen LogP contribution in [0.3, 0.4) is 0 Å². The molecule has 4 fully saturated rings. The van der Waals surface area contributed by atoms with Crippen LogP contribution >= 0.6 is 0 Å². The Bertz CT molecular complexity index is 5500. The highest BCUT2D eigenvalue weighted by Gasteiger charge is 2.46. The summed E-state index contributed by atoms with van der Waals surface area (Å²) < 4.78 is 38.4. The van der Waals surface area contributed by atoms with E-state index < -0.39 is 48.1 Å². The highest BCUT2D eigenvalue weighted by Crippen LogP contribution is 2.48. The lowest BCUT2D eigenvalue weighted by atomic mass is 9.92. The van der Waals surface area contributed by atoms with Crippen LogP contribution in [0, 0.1) is 23.7 Å². The number of alkyl carbamates (subject to hydrolysis) is 3. The molecule has 0 saturated carbocycles. The first-order valence-corrected chi connectivity index (χ1v) is 40.5. The van der Waals surface area contributed by atoms with Crippen molar-refractivity contribution in [2.75, 3.05) is 41.5 Å². The van der Waals surface area contributed by atoms with Crippen LogP contribution in [0.2, 0.25) is 0 Å². The average molecular weight is 1600 g/mol. The van der Waals surface area contributed by atoms with E-state index in [9.17, 15) is 33.6 Å². The number of hydrogen-bond acceptors (Lipinski definition) is 18. The summed E-state index contributed by atoms with van der Waals surface area (Å²) in [5, 5.41) is 12.1. The highest BCUT2D eigenvalue weighted by molar-refractivity contribution is 6.08. The molecular weight excluding hydrogens is 1490 g/mol. The van der Waals surface area contributed by atoms with Gasteiger partial charge in [0.2, 0.25) is 17.7 Å². The molecule has 29 nitrogen and oxygen atoms in total. The lowest BCUT2D eigenvalue weighted by molar-refractivity contribution is -0.138. The topological polar surface area (TPSA) is 348 Å². The maximum atomic E-state index is 14.0. The zero-order chi connectivity index (χ0) is 82.9. The van der Waals surface area contributed by atoms with E-state index >= 15 is 0 Å². The largest absolute Gasteiger partial charge is 0.488 e. The standard InChI is InChI=1S/C45H54N8O8.C43H51N7O6/c1-22(2)37(50-44(56)59-7)43(55)53-24(4)9-14-34(53)41-47-32-13-11-26-17-31-29-12-10-27(16-28(29)21-61-36(31)18-30(26)39(32)49-41)33-19-46-40(48-33)35-15-23(3)20-52(35)42(54)38(25(5)58-6)51-45(57)60-8;1-22(2)36(48-41(52)54-8)40(51)50-24(4)9-14-33(50)39-45-31-13-11-25-17-30-28-12-10-26(16-27(28)21-55-35(30)18-29(25)37(31)47-39)32-19-44-38(46-32)34-15-23(3)20-49(34)42(53)56-43(5,6)7/h10-13,16-19,22-25,34-35,37-38H,9,14-15,20-21H2,1-8H3,(H,46,48)(H,47,49)(H,50,56)(H,51,57);10-13,16-19,22-24,33-34,36H,9,14-15,20-21H2,1-8H3,(H,44,46)(H,45,47)(H,48,52)/t23-,24-,25?,34-,35?,37-,38?;23-,24-,33-,34?,36-/m00/s1. The predicted octanol–water partition coefficient (Wildman–Crippen LogP) is 15.2. The van der Waals surface area contributed by atoms with Crippen LogP contribution in [-0.2, 0) is 51.3 Å². The van der Waals surface area contributed by atoms with Crippen molar-refractivity contribution in [1.82, 2.24) is 75.4 Å². The monoisotopic (exact) mass is 1600 g/mol. The minimum absolute atomic E-state index is 0.0138. The molecular formula is C88H105N15O14. The van der Waals surface area contributed by atoms with E-state index in [1.165, 1.54) is 28.4 Å². The Labute approximate surface area is 678 Å².